The fraction of sp³-hybridized carbons (Fsp3) is 0.941. The molecule has 2 atom stereocenters. The number of nitrogens with zero attached hydrogens (tertiary/aromatic N) is 2. The average Bonchev–Trinajstić information content (AvgIpc) is 2.45. The number of rotatable bonds is 2. The van der Waals surface area contributed by atoms with Crippen LogP contribution in [0, 0.1) is 17.3 Å². The molecule has 0 aromatic heterocycles. The second kappa shape index (κ2) is 8.71. The highest BCUT2D eigenvalue weighted by atomic mass is 127. The standard InChI is InChI=1S/C17H33N3O.HI/c1-13-7-9-20(10-8-13)16(18)19-12-14-6-5-11-21-15(14)17(2,3)4;/h13-15H,5-12H2,1-4H3,(H2,18,19);1H. The van der Waals surface area contributed by atoms with Crippen LogP contribution in [0.5, 0.6) is 0 Å². The van der Waals surface area contributed by atoms with Crippen LogP contribution in [0.1, 0.15) is 53.4 Å². The number of hydrogen-bond donors (Lipinski definition) is 1. The van der Waals surface area contributed by atoms with Crippen molar-refractivity contribution in [3.05, 3.63) is 0 Å². The van der Waals surface area contributed by atoms with Gasteiger partial charge in [0.1, 0.15) is 0 Å². The summed E-state index contributed by atoms with van der Waals surface area (Å²) < 4.78 is 6.02. The van der Waals surface area contributed by atoms with Crippen LogP contribution < -0.4 is 5.73 Å². The highest BCUT2D eigenvalue weighted by Gasteiger charge is 2.35. The van der Waals surface area contributed by atoms with Crippen molar-refractivity contribution in [2.24, 2.45) is 28.0 Å². The van der Waals surface area contributed by atoms with Gasteiger partial charge in [-0.15, -0.1) is 24.0 Å². The monoisotopic (exact) mass is 423 g/mol. The highest BCUT2D eigenvalue weighted by molar-refractivity contribution is 14.0. The molecule has 2 rings (SSSR count). The lowest BCUT2D eigenvalue weighted by Crippen LogP contribution is -2.44. The zero-order valence-electron chi connectivity index (χ0n) is 14.7. The van der Waals surface area contributed by atoms with E-state index in [0.29, 0.717) is 12.0 Å². The summed E-state index contributed by atoms with van der Waals surface area (Å²) in [5.41, 5.74) is 6.38. The average molecular weight is 423 g/mol. The smallest absolute Gasteiger partial charge is 0.191 e. The Balaban J connectivity index is 0.00000242. The molecule has 0 aromatic rings. The van der Waals surface area contributed by atoms with Crippen molar-refractivity contribution < 1.29 is 4.74 Å². The zero-order chi connectivity index (χ0) is 15.5. The molecule has 0 aliphatic carbocycles. The molecule has 2 unspecified atom stereocenters. The number of piperidine rings is 1. The molecule has 5 heteroatoms. The maximum absolute atomic E-state index is 6.20. The van der Waals surface area contributed by atoms with E-state index >= 15 is 0 Å². The second-order valence-corrected chi connectivity index (χ2v) is 7.93. The molecule has 130 valence electrons. The van der Waals surface area contributed by atoms with E-state index in [-0.39, 0.29) is 29.4 Å². The third-order valence-corrected chi connectivity index (χ3v) is 4.89. The molecule has 0 aromatic carbocycles. The van der Waals surface area contributed by atoms with Crippen molar-refractivity contribution >= 4 is 29.9 Å². The highest BCUT2D eigenvalue weighted by Crippen LogP contribution is 2.34. The summed E-state index contributed by atoms with van der Waals surface area (Å²) >= 11 is 0. The van der Waals surface area contributed by atoms with Gasteiger partial charge in [0.05, 0.1) is 6.10 Å². The molecule has 0 spiro atoms. The third kappa shape index (κ3) is 5.55. The first kappa shape index (κ1) is 20.0. The van der Waals surface area contributed by atoms with E-state index in [1.807, 2.05) is 0 Å². The first-order chi connectivity index (χ1) is 9.88. The van der Waals surface area contributed by atoms with Crippen molar-refractivity contribution in [1.82, 2.24) is 4.90 Å². The van der Waals surface area contributed by atoms with E-state index < -0.39 is 0 Å². The first-order valence-electron chi connectivity index (χ1n) is 8.54. The molecule has 0 bridgehead atoms. The van der Waals surface area contributed by atoms with Crippen LogP contribution in [-0.4, -0.2) is 43.2 Å². The Bertz CT molecular complexity index is 359. The van der Waals surface area contributed by atoms with Crippen LogP contribution in [-0.2, 0) is 4.74 Å². The van der Waals surface area contributed by atoms with Gasteiger partial charge in [-0.3, -0.25) is 4.99 Å². The molecule has 2 heterocycles. The molecule has 0 saturated carbocycles. The number of guanidine groups is 1. The summed E-state index contributed by atoms with van der Waals surface area (Å²) in [7, 11) is 0. The van der Waals surface area contributed by atoms with Gasteiger partial charge in [-0.05, 0) is 37.0 Å². The number of ether oxygens (including phenoxy) is 1. The molecule has 22 heavy (non-hydrogen) atoms. The van der Waals surface area contributed by atoms with Crippen LogP contribution in [0.4, 0.5) is 0 Å². The Labute approximate surface area is 153 Å². The normalized spacial score (nSPS) is 28.4. The lowest BCUT2D eigenvalue weighted by Gasteiger charge is -2.40. The number of halogens is 1. The number of likely N-dealkylation sites (tertiary alicyclic amines) is 1. The number of hydrogen-bond acceptors (Lipinski definition) is 2. The van der Waals surface area contributed by atoms with E-state index in [1.165, 1.54) is 19.3 Å². The van der Waals surface area contributed by atoms with Crippen LogP contribution in [0.3, 0.4) is 0 Å². The molecule has 2 aliphatic rings. The van der Waals surface area contributed by atoms with Crippen molar-refractivity contribution in [2.45, 2.75) is 59.5 Å². The number of nitrogens with two attached hydrogens (primary N) is 1. The van der Waals surface area contributed by atoms with Crippen LogP contribution in [0.15, 0.2) is 4.99 Å². The Morgan fingerprint density at radius 2 is 1.86 bits per heavy atom. The van der Waals surface area contributed by atoms with Gasteiger partial charge >= 0.3 is 0 Å². The zero-order valence-corrected chi connectivity index (χ0v) is 17.0. The summed E-state index contributed by atoms with van der Waals surface area (Å²) in [5, 5.41) is 0. The van der Waals surface area contributed by atoms with E-state index in [4.69, 9.17) is 15.5 Å². The van der Waals surface area contributed by atoms with Crippen molar-refractivity contribution in [2.75, 3.05) is 26.2 Å². The molecule has 2 N–H and O–H groups in total. The quantitative estimate of drug-likeness (QED) is 0.420. The van der Waals surface area contributed by atoms with Gasteiger partial charge in [-0.25, -0.2) is 0 Å². The summed E-state index contributed by atoms with van der Waals surface area (Å²) in [6, 6.07) is 0. The molecule has 4 nitrogen and oxygen atoms in total. The summed E-state index contributed by atoms with van der Waals surface area (Å²) in [4.78, 5) is 6.95. The van der Waals surface area contributed by atoms with Gasteiger partial charge < -0.3 is 15.4 Å². The predicted molar refractivity (Wildman–Crippen MR) is 104 cm³/mol. The molecule has 0 amide bonds. The summed E-state index contributed by atoms with van der Waals surface area (Å²) in [6.45, 7) is 12.9. The predicted octanol–water partition coefficient (Wildman–Crippen LogP) is 3.49. The van der Waals surface area contributed by atoms with Crippen LogP contribution in [0.2, 0.25) is 0 Å². The Hall–Kier alpha value is -0.0400. The fourth-order valence-electron chi connectivity index (χ4n) is 3.54. The maximum Gasteiger partial charge on any atom is 0.191 e. The summed E-state index contributed by atoms with van der Waals surface area (Å²) in [6.07, 6.45) is 5.11. The SMILES string of the molecule is CC1CCN(C(N)=NCC2CCCOC2C(C)(C)C)CC1.I. The molecular formula is C17H34IN3O. The lowest BCUT2D eigenvalue weighted by molar-refractivity contribution is -0.0824. The van der Waals surface area contributed by atoms with Gasteiger partial charge in [0, 0.05) is 32.2 Å². The number of aliphatic imine (C=N–C) groups is 1. The Kier molecular flexibility index (Phi) is 7.92. The largest absolute Gasteiger partial charge is 0.377 e. The minimum Gasteiger partial charge on any atom is -0.377 e. The van der Waals surface area contributed by atoms with Crippen molar-refractivity contribution in [3.8, 4) is 0 Å². The molecular weight excluding hydrogens is 389 g/mol. The first-order valence-corrected chi connectivity index (χ1v) is 8.54. The third-order valence-electron chi connectivity index (χ3n) is 4.89. The fourth-order valence-corrected chi connectivity index (χ4v) is 3.54. The van der Waals surface area contributed by atoms with Gasteiger partial charge in [0.15, 0.2) is 5.96 Å². The molecule has 2 aliphatic heterocycles. The summed E-state index contributed by atoms with van der Waals surface area (Å²) in [5.74, 6) is 2.06. The van der Waals surface area contributed by atoms with Gasteiger partial charge in [0.2, 0.25) is 0 Å². The minimum absolute atomic E-state index is 0. The Morgan fingerprint density at radius 3 is 2.45 bits per heavy atom. The lowest BCUT2D eigenvalue weighted by atomic mass is 9.78. The van der Waals surface area contributed by atoms with Crippen molar-refractivity contribution in [3.63, 3.8) is 0 Å². The second-order valence-electron chi connectivity index (χ2n) is 7.93. The molecule has 2 saturated heterocycles. The van der Waals surface area contributed by atoms with Crippen LogP contribution in [0.25, 0.3) is 0 Å². The van der Waals surface area contributed by atoms with Gasteiger partial charge in [0.25, 0.3) is 0 Å². The van der Waals surface area contributed by atoms with Crippen LogP contribution >= 0.6 is 24.0 Å². The Morgan fingerprint density at radius 1 is 1.23 bits per heavy atom. The van der Waals surface area contributed by atoms with Gasteiger partial charge in [-0.1, -0.05) is 27.7 Å². The maximum atomic E-state index is 6.20. The molecule has 2 fully saturated rings. The topological polar surface area (TPSA) is 50.8 Å². The van der Waals surface area contributed by atoms with Crippen molar-refractivity contribution in [1.29, 1.82) is 0 Å². The van der Waals surface area contributed by atoms with E-state index in [0.717, 1.165) is 44.5 Å². The minimum atomic E-state index is 0. The van der Waals surface area contributed by atoms with E-state index in [1.54, 1.807) is 0 Å². The van der Waals surface area contributed by atoms with E-state index in [2.05, 4.69) is 32.6 Å². The van der Waals surface area contributed by atoms with E-state index in [9.17, 15) is 0 Å². The molecule has 0 radical (unpaired) electrons. The van der Waals surface area contributed by atoms with Gasteiger partial charge in [-0.2, -0.15) is 0 Å².